The molecule has 2 heteroatoms. The van der Waals surface area contributed by atoms with Crippen molar-refractivity contribution >= 4 is 0 Å². The van der Waals surface area contributed by atoms with Gasteiger partial charge in [-0.25, -0.2) is 0 Å². The lowest BCUT2D eigenvalue weighted by Gasteiger charge is -2.09. The Morgan fingerprint density at radius 3 is 2.14 bits per heavy atom. The first-order chi connectivity index (χ1) is 3.33. The summed E-state index contributed by atoms with van der Waals surface area (Å²) in [5, 5.41) is 3.08. The Kier molecular flexibility index (Phi) is 1.05. The molecule has 0 aromatic rings. The average Bonchev–Trinajstić information content (AvgIpc) is 2.46. The molecule has 0 aliphatic heterocycles. The standard InChI is InChI=1S/C5H11NO/c1-6-5(7-2)3-4-5/h6H,3-4H2,1-2H3. The van der Waals surface area contributed by atoms with Crippen molar-refractivity contribution in [3.05, 3.63) is 0 Å². The minimum absolute atomic E-state index is 0.0833. The molecule has 0 amide bonds. The number of hydrogen-bond donors (Lipinski definition) is 1. The highest BCUT2D eigenvalue weighted by atomic mass is 16.5. The van der Waals surface area contributed by atoms with Crippen LogP contribution in [0.3, 0.4) is 0 Å². The van der Waals surface area contributed by atoms with Crippen LogP contribution in [0, 0.1) is 0 Å². The minimum Gasteiger partial charge on any atom is -0.364 e. The predicted molar refractivity (Wildman–Crippen MR) is 28.0 cm³/mol. The molecule has 42 valence electrons. The van der Waals surface area contributed by atoms with Gasteiger partial charge in [0.25, 0.3) is 0 Å². The summed E-state index contributed by atoms with van der Waals surface area (Å²) in [6, 6.07) is 0. The highest BCUT2D eigenvalue weighted by molar-refractivity contribution is 4.90. The van der Waals surface area contributed by atoms with Crippen LogP contribution in [-0.2, 0) is 4.74 Å². The monoisotopic (exact) mass is 101 g/mol. The third-order valence-corrected chi connectivity index (χ3v) is 1.55. The summed E-state index contributed by atoms with van der Waals surface area (Å²) >= 11 is 0. The Balaban J connectivity index is 2.28. The SMILES string of the molecule is CNC1(OC)CC1. The van der Waals surface area contributed by atoms with Gasteiger partial charge in [-0.3, -0.25) is 5.32 Å². The lowest BCUT2D eigenvalue weighted by atomic mass is 10.6. The Labute approximate surface area is 43.9 Å². The Bertz CT molecular complexity index is 62.5. The van der Waals surface area contributed by atoms with Gasteiger partial charge in [0, 0.05) is 7.11 Å². The normalized spacial score (nSPS) is 24.9. The molecule has 0 radical (unpaired) electrons. The molecule has 0 aromatic heterocycles. The van der Waals surface area contributed by atoms with Crippen molar-refractivity contribution in [3.63, 3.8) is 0 Å². The largest absolute Gasteiger partial charge is 0.364 e. The van der Waals surface area contributed by atoms with Gasteiger partial charge in [0.2, 0.25) is 0 Å². The van der Waals surface area contributed by atoms with E-state index < -0.39 is 0 Å². The van der Waals surface area contributed by atoms with Crippen molar-refractivity contribution in [1.82, 2.24) is 5.32 Å². The van der Waals surface area contributed by atoms with E-state index in [4.69, 9.17) is 4.74 Å². The van der Waals surface area contributed by atoms with E-state index in [0.717, 1.165) is 0 Å². The maximum atomic E-state index is 5.09. The molecule has 2 nitrogen and oxygen atoms in total. The quantitative estimate of drug-likeness (QED) is 0.506. The zero-order valence-electron chi connectivity index (χ0n) is 4.82. The van der Waals surface area contributed by atoms with E-state index in [1.54, 1.807) is 7.11 Å². The molecular weight excluding hydrogens is 90.1 g/mol. The summed E-state index contributed by atoms with van der Waals surface area (Å²) in [6.45, 7) is 0. The van der Waals surface area contributed by atoms with Crippen molar-refractivity contribution in [2.45, 2.75) is 18.6 Å². The Hall–Kier alpha value is -0.0800. The first-order valence-electron chi connectivity index (χ1n) is 2.57. The fraction of sp³-hybridized carbons (Fsp3) is 1.00. The van der Waals surface area contributed by atoms with Crippen LogP contribution in [-0.4, -0.2) is 19.9 Å². The molecule has 1 rings (SSSR count). The van der Waals surface area contributed by atoms with Crippen LogP contribution in [0.15, 0.2) is 0 Å². The molecule has 0 atom stereocenters. The van der Waals surface area contributed by atoms with Gasteiger partial charge in [0.1, 0.15) is 5.72 Å². The van der Waals surface area contributed by atoms with Gasteiger partial charge in [0.15, 0.2) is 0 Å². The lowest BCUT2D eigenvalue weighted by Crippen LogP contribution is -2.28. The third kappa shape index (κ3) is 0.763. The van der Waals surface area contributed by atoms with Gasteiger partial charge in [-0.2, -0.15) is 0 Å². The summed E-state index contributed by atoms with van der Waals surface area (Å²) in [5.74, 6) is 0. The fourth-order valence-electron chi connectivity index (χ4n) is 0.670. The van der Waals surface area contributed by atoms with Crippen LogP contribution in [0.4, 0.5) is 0 Å². The molecule has 0 aromatic carbocycles. The molecular formula is C5H11NO. The zero-order valence-corrected chi connectivity index (χ0v) is 4.82. The van der Waals surface area contributed by atoms with Gasteiger partial charge in [-0.15, -0.1) is 0 Å². The number of ether oxygens (including phenoxy) is 1. The molecule has 1 saturated carbocycles. The highest BCUT2D eigenvalue weighted by Gasteiger charge is 2.40. The van der Waals surface area contributed by atoms with Crippen molar-refractivity contribution in [2.24, 2.45) is 0 Å². The summed E-state index contributed by atoms with van der Waals surface area (Å²) in [4.78, 5) is 0. The first-order valence-corrected chi connectivity index (χ1v) is 2.57. The zero-order chi connectivity index (χ0) is 5.33. The second-order valence-electron chi connectivity index (χ2n) is 1.95. The van der Waals surface area contributed by atoms with E-state index in [2.05, 4.69) is 5.32 Å². The molecule has 0 spiro atoms. The first kappa shape index (κ1) is 5.06. The maximum Gasteiger partial charge on any atom is 0.118 e. The molecule has 1 fully saturated rings. The number of rotatable bonds is 2. The smallest absolute Gasteiger partial charge is 0.118 e. The van der Waals surface area contributed by atoms with E-state index >= 15 is 0 Å². The maximum absolute atomic E-state index is 5.09. The van der Waals surface area contributed by atoms with Crippen LogP contribution in [0.25, 0.3) is 0 Å². The lowest BCUT2D eigenvalue weighted by molar-refractivity contribution is 0.0576. The number of hydrogen-bond acceptors (Lipinski definition) is 2. The van der Waals surface area contributed by atoms with Crippen molar-refractivity contribution in [3.8, 4) is 0 Å². The van der Waals surface area contributed by atoms with Crippen LogP contribution in [0.2, 0.25) is 0 Å². The van der Waals surface area contributed by atoms with Crippen LogP contribution >= 0.6 is 0 Å². The fourth-order valence-corrected chi connectivity index (χ4v) is 0.670. The Morgan fingerprint density at radius 2 is 2.14 bits per heavy atom. The van der Waals surface area contributed by atoms with E-state index in [1.807, 2.05) is 7.05 Å². The summed E-state index contributed by atoms with van der Waals surface area (Å²) < 4.78 is 5.09. The molecule has 0 saturated heterocycles. The Morgan fingerprint density at radius 1 is 1.57 bits per heavy atom. The molecule has 1 aliphatic carbocycles. The van der Waals surface area contributed by atoms with E-state index in [-0.39, 0.29) is 5.72 Å². The van der Waals surface area contributed by atoms with Crippen molar-refractivity contribution in [2.75, 3.05) is 14.2 Å². The molecule has 0 bridgehead atoms. The van der Waals surface area contributed by atoms with Crippen LogP contribution in [0.5, 0.6) is 0 Å². The van der Waals surface area contributed by atoms with Gasteiger partial charge in [-0.05, 0) is 19.9 Å². The second kappa shape index (κ2) is 1.46. The molecule has 1 N–H and O–H groups in total. The predicted octanol–water partition coefficient (Wildman–Crippen LogP) is 0.342. The molecule has 1 aliphatic rings. The minimum atomic E-state index is 0.0833. The second-order valence-corrected chi connectivity index (χ2v) is 1.95. The van der Waals surface area contributed by atoms with E-state index in [1.165, 1.54) is 12.8 Å². The molecule has 7 heavy (non-hydrogen) atoms. The van der Waals surface area contributed by atoms with Crippen molar-refractivity contribution < 1.29 is 4.74 Å². The van der Waals surface area contributed by atoms with E-state index in [0.29, 0.717) is 0 Å². The summed E-state index contributed by atoms with van der Waals surface area (Å²) in [6.07, 6.45) is 2.33. The highest BCUT2D eigenvalue weighted by Crippen LogP contribution is 2.34. The summed E-state index contributed by atoms with van der Waals surface area (Å²) in [7, 11) is 3.67. The number of nitrogens with one attached hydrogen (secondary N) is 1. The van der Waals surface area contributed by atoms with Crippen molar-refractivity contribution in [1.29, 1.82) is 0 Å². The van der Waals surface area contributed by atoms with Gasteiger partial charge in [-0.1, -0.05) is 0 Å². The number of methoxy groups -OCH3 is 1. The third-order valence-electron chi connectivity index (χ3n) is 1.55. The van der Waals surface area contributed by atoms with Gasteiger partial charge < -0.3 is 4.74 Å². The van der Waals surface area contributed by atoms with Gasteiger partial charge >= 0.3 is 0 Å². The van der Waals surface area contributed by atoms with Gasteiger partial charge in [0.05, 0.1) is 0 Å². The molecule has 0 unspecified atom stereocenters. The van der Waals surface area contributed by atoms with Crippen LogP contribution < -0.4 is 5.32 Å². The van der Waals surface area contributed by atoms with Crippen LogP contribution in [0.1, 0.15) is 12.8 Å². The topological polar surface area (TPSA) is 21.3 Å². The van der Waals surface area contributed by atoms with E-state index in [9.17, 15) is 0 Å². The summed E-state index contributed by atoms with van der Waals surface area (Å²) in [5.41, 5.74) is 0.0833. The average molecular weight is 101 g/mol. The molecule has 0 heterocycles.